The molecule has 4 heterocycles. The van der Waals surface area contributed by atoms with Gasteiger partial charge in [-0.05, 0) is 31.0 Å². The van der Waals surface area contributed by atoms with Gasteiger partial charge in [0.2, 0.25) is 0 Å². The van der Waals surface area contributed by atoms with Crippen molar-refractivity contribution < 1.29 is 14.6 Å². The van der Waals surface area contributed by atoms with Crippen molar-refractivity contribution in [1.29, 1.82) is 0 Å². The molecular formula is C25H25ClN4O3S. The third-order valence-electron chi connectivity index (χ3n) is 6.04. The van der Waals surface area contributed by atoms with Crippen molar-refractivity contribution in [2.45, 2.75) is 32.1 Å². The number of aliphatic hydroxyl groups is 1. The molecule has 1 aliphatic heterocycles. The van der Waals surface area contributed by atoms with Gasteiger partial charge in [0.1, 0.15) is 22.4 Å². The van der Waals surface area contributed by atoms with Crippen LogP contribution in [0.1, 0.15) is 40.2 Å². The van der Waals surface area contributed by atoms with Gasteiger partial charge >= 0.3 is 0 Å². The van der Waals surface area contributed by atoms with Crippen LogP contribution in [0.3, 0.4) is 0 Å². The van der Waals surface area contributed by atoms with E-state index in [0.717, 1.165) is 46.9 Å². The number of β-amino-alcohol motifs (C(OH)–C–C–N with tert-alkyl or cyclic N) is 1. The van der Waals surface area contributed by atoms with Crippen LogP contribution < -0.4 is 10.5 Å². The number of benzene rings is 1. The minimum atomic E-state index is -0.542. The lowest BCUT2D eigenvalue weighted by atomic mass is 10.1. The number of amides is 1. The molecule has 1 aliphatic rings. The summed E-state index contributed by atoms with van der Waals surface area (Å²) in [4.78, 5) is 20.2. The molecule has 9 heteroatoms. The van der Waals surface area contributed by atoms with Crippen LogP contribution in [0.2, 0.25) is 5.02 Å². The van der Waals surface area contributed by atoms with Crippen LogP contribution in [0.25, 0.3) is 16.2 Å². The number of aromatic nitrogens is 2. The van der Waals surface area contributed by atoms with Gasteiger partial charge in [-0.1, -0.05) is 35.9 Å². The minimum absolute atomic E-state index is 0.252. The fourth-order valence-electron chi connectivity index (χ4n) is 4.33. The monoisotopic (exact) mass is 496 g/mol. The number of fused-ring (bicyclic) bond motifs is 1. The Hall–Kier alpha value is -2.91. The lowest BCUT2D eigenvalue weighted by molar-refractivity contribution is 0.0998. The summed E-state index contributed by atoms with van der Waals surface area (Å²) in [6, 6.07) is 13.3. The molecule has 2 atom stereocenters. The van der Waals surface area contributed by atoms with Crippen molar-refractivity contribution in [2.24, 2.45) is 5.73 Å². The molecule has 176 valence electrons. The largest absolute Gasteiger partial charge is 0.484 e. The molecule has 0 saturated carbocycles. The van der Waals surface area contributed by atoms with Crippen molar-refractivity contribution in [3.63, 3.8) is 0 Å². The van der Waals surface area contributed by atoms with Crippen LogP contribution in [-0.2, 0) is 6.54 Å². The fourth-order valence-corrected chi connectivity index (χ4v) is 5.57. The predicted molar refractivity (Wildman–Crippen MR) is 133 cm³/mol. The lowest BCUT2D eigenvalue weighted by Crippen LogP contribution is -2.21. The Bertz CT molecular complexity index is 1350. The van der Waals surface area contributed by atoms with Gasteiger partial charge in [-0.2, -0.15) is 0 Å². The Balaban J connectivity index is 1.46. The van der Waals surface area contributed by atoms with E-state index in [1.807, 2.05) is 47.7 Å². The average molecular weight is 497 g/mol. The molecule has 0 aliphatic carbocycles. The van der Waals surface area contributed by atoms with Gasteiger partial charge in [-0.25, -0.2) is 4.98 Å². The van der Waals surface area contributed by atoms with Gasteiger partial charge in [-0.15, -0.1) is 11.3 Å². The molecular weight excluding hydrogens is 472 g/mol. The third-order valence-corrected chi connectivity index (χ3v) is 7.54. The normalized spacial score (nSPS) is 17.3. The number of imidazole rings is 1. The summed E-state index contributed by atoms with van der Waals surface area (Å²) >= 11 is 7.61. The Morgan fingerprint density at radius 2 is 2.18 bits per heavy atom. The van der Waals surface area contributed by atoms with Gasteiger partial charge in [-0.3, -0.25) is 14.1 Å². The third kappa shape index (κ3) is 4.54. The van der Waals surface area contributed by atoms with E-state index in [0.29, 0.717) is 22.2 Å². The Labute approximate surface area is 206 Å². The standard InChI is InChI=1S/C25H25ClN4O3S/c1-15(18-4-2-3-5-19(18)26)33-21-10-22(34-24(21)25(27)32)20-11-28-23-7-6-16(13-30(20)23)12-29-9-8-17(31)14-29/h2-7,10-11,13,15,17,31H,8-9,12,14H2,1H3,(H2,27,32)/t15?,17-/m0/s1. The predicted octanol–water partition coefficient (Wildman–Crippen LogP) is 4.52. The molecule has 5 rings (SSSR count). The first-order valence-electron chi connectivity index (χ1n) is 11.1. The van der Waals surface area contributed by atoms with Gasteiger partial charge in [0.25, 0.3) is 5.91 Å². The summed E-state index contributed by atoms with van der Waals surface area (Å²) in [5, 5.41) is 10.4. The highest BCUT2D eigenvalue weighted by molar-refractivity contribution is 7.17. The van der Waals surface area contributed by atoms with Gasteiger partial charge < -0.3 is 15.6 Å². The Morgan fingerprint density at radius 3 is 2.91 bits per heavy atom. The molecule has 7 nitrogen and oxygen atoms in total. The number of rotatable bonds is 7. The number of hydrogen-bond acceptors (Lipinski definition) is 6. The maximum atomic E-state index is 12.2. The molecule has 1 unspecified atom stereocenters. The molecule has 0 spiro atoms. The summed E-state index contributed by atoms with van der Waals surface area (Å²) in [5.41, 5.74) is 9.30. The van der Waals surface area contributed by atoms with Crippen LogP contribution >= 0.6 is 22.9 Å². The number of ether oxygens (including phenoxy) is 1. The number of nitrogens with two attached hydrogens (primary N) is 1. The van der Waals surface area contributed by atoms with Crippen LogP contribution in [0.5, 0.6) is 5.75 Å². The number of aliphatic hydroxyl groups excluding tert-OH is 1. The van der Waals surface area contributed by atoms with E-state index in [-0.39, 0.29) is 12.2 Å². The molecule has 1 fully saturated rings. The van der Waals surface area contributed by atoms with Crippen LogP contribution in [-0.4, -0.2) is 44.5 Å². The molecule has 1 saturated heterocycles. The minimum Gasteiger partial charge on any atom is -0.484 e. The summed E-state index contributed by atoms with van der Waals surface area (Å²) in [5.74, 6) is -0.114. The molecule has 34 heavy (non-hydrogen) atoms. The Kier molecular flexibility index (Phi) is 6.31. The highest BCUT2D eigenvalue weighted by atomic mass is 35.5. The zero-order valence-corrected chi connectivity index (χ0v) is 20.2. The second-order valence-corrected chi connectivity index (χ2v) is 10.00. The quantitative estimate of drug-likeness (QED) is 0.392. The van der Waals surface area contributed by atoms with Gasteiger partial charge in [0.05, 0.1) is 22.9 Å². The number of halogens is 1. The zero-order chi connectivity index (χ0) is 23.8. The summed E-state index contributed by atoms with van der Waals surface area (Å²) < 4.78 is 8.17. The van der Waals surface area contributed by atoms with E-state index < -0.39 is 5.91 Å². The van der Waals surface area contributed by atoms with Crippen LogP contribution in [0, 0.1) is 0 Å². The van der Waals surface area contributed by atoms with E-state index in [2.05, 4.69) is 22.1 Å². The highest BCUT2D eigenvalue weighted by Gasteiger charge is 2.22. The number of primary amides is 1. The first kappa shape index (κ1) is 22.9. The molecule has 3 N–H and O–H groups in total. The van der Waals surface area contributed by atoms with Crippen LogP contribution in [0.15, 0.2) is 54.9 Å². The maximum Gasteiger partial charge on any atom is 0.262 e. The summed E-state index contributed by atoms with van der Waals surface area (Å²) in [6.45, 7) is 4.21. The SMILES string of the molecule is CC(Oc1cc(-c2cnc3ccc(CN4CC[C@H](O)C4)cn23)sc1C(N)=O)c1ccccc1Cl. The molecule has 0 bridgehead atoms. The van der Waals surface area contributed by atoms with Crippen molar-refractivity contribution >= 4 is 34.5 Å². The van der Waals surface area contributed by atoms with Crippen molar-refractivity contribution in [2.75, 3.05) is 13.1 Å². The van der Waals surface area contributed by atoms with Gasteiger partial charge in [0.15, 0.2) is 0 Å². The molecule has 1 amide bonds. The Morgan fingerprint density at radius 1 is 1.35 bits per heavy atom. The maximum absolute atomic E-state index is 12.2. The number of likely N-dealkylation sites (tertiary alicyclic amines) is 1. The fraction of sp³-hybridized carbons (Fsp3) is 0.280. The van der Waals surface area contributed by atoms with E-state index in [9.17, 15) is 9.90 Å². The summed E-state index contributed by atoms with van der Waals surface area (Å²) in [6.07, 6.45) is 4.03. The molecule has 4 aromatic rings. The number of carbonyl (C=O) groups excluding carboxylic acids is 1. The molecule has 0 radical (unpaired) electrons. The lowest BCUT2D eigenvalue weighted by Gasteiger charge is -2.16. The van der Waals surface area contributed by atoms with E-state index in [4.69, 9.17) is 22.1 Å². The van der Waals surface area contributed by atoms with Crippen LogP contribution in [0.4, 0.5) is 0 Å². The second-order valence-electron chi connectivity index (χ2n) is 8.54. The number of pyridine rings is 1. The topological polar surface area (TPSA) is 93.1 Å². The molecule has 1 aromatic carbocycles. The number of thiophene rings is 1. The van der Waals surface area contributed by atoms with Gasteiger partial charge in [0, 0.05) is 42.5 Å². The smallest absolute Gasteiger partial charge is 0.262 e. The second kappa shape index (κ2) is 9.38. The van der Waals surface area contributed by atoms with Crippen molar-refractivity contribution in [1.82, 2.24) is 14.3 Å². The van der Waals surface area contributed by atoms with E-state index >= 15 is 0 Å². The number of carbonyl (C=O) groups is 1. The van der Waals surface area contributed by atoms with E-state index in [1.54, 1.807) is 6.20 Å². The average Bonchev–Trinajstić information content (AvgIpc) is 3.52. The van der Waals surface area contributed by atoms with Crippen molar-refractivity contribution in [3.05, 3.63) is 75.9 Å². The van der Waals surface area contributed by atoms with Crippen molar-refractivity contribution in [3.8, 4) is 16.3 Å². The summed E-state index contributed by atoms with van der Waals surface area (Å²) in [7, 11) is 0. The first-order valence-corrected chi connectivity index (χ1v) is 12.3. The first-order chi connectivity index (χ1) is 16.4. The molecule has 3 aromatic heterocycles. The number of nitrogens with zero attached hydrogens (tertiary/aromatic N) is 3. The highest BCUT2D eigenvalue weighted by Crippen LogP contribution is 2.39. The van der Waals surface area contributed by atoms with E-state index in [1.165, 1.54) is 11.3 Å². The number of hydrogen-bond donors (Lipinski definition) is 2. The zero-order valence-electron chi connectivity index (χ0n) is 18.6.